The third-order valence-electron chi connectivity index (χ3n) is 4.16. The molecule has 0 saturated heterocycles. The van der Waals surface area contributed by atoms with Gasteiger partial charge in [0.1, 0.15) is 5.82 Å². The number of aryl methyl sites for hydroxylation is 1. The lowest BCUT2D eigenvalue weighted by atomic mass is 9.77. The van der Waals surface area contributed by atoms with Gasteiger partial charge in [0.15, 0.2) is 0 Å². The van der Waals surface area contributed by atoms with E-state index in [9.17, 15) is 9.18 Å². The first-order chi connectivity index (χ1) is 9.46. The number of hydrogen-bond donors (Lipinski definition) is 1. The van der Waals surface area contributed by atoms with Crippen molar-refractivity contribution in [3.05, 3.63) is 35.1 Å². The monoisotopic (exact) mass is 341 g/mol. The van der Waals surface area contributed by atoms with Crippen molar-refractivity contribution in [2.75, 3.05) is 5.33 Å². The summed E-state index contributed by atoms with van der Waals surface area (Å²) in [5.74, 6) is 0.215. The van der Waals surface area contributed by atoms with Crippen LogP contribution in [-0.4, -0.2) is 16.8 Å². The molecule has 2 unspecified atom stereocenters. The van der Waals surface area contributed by atoms with Crippen molar-refractivity contribution >= 4 is 21.8 Å². The van der Waals surface area contributed by atoms with Crippen LogP contribution < -0.4 is 5.32 Å². The van der Waals surface area contributed by atoms with Crippen LogP contribution in [0.15, 0.2) is 18.2 Å². The van der Waals surface area contributed by atoms with Crippen molar-refractivity contribution in [1.29, 1.82) is 0 Å². The molecule has 0 aromatic heterocycles. The summed E-state index contributed by atoms with van der Waals surface area (Å²) in [4.78, 5) is 12.5. The molecule has 0 heterocycles. The van der Waals surface area contributed by atoms with Gasteiger partial charge in [0.2, 0.25) is 0 Å². The molecule has 4 heteroatoms. The van der Waals surface area contributed by atoms with Gasteiger partial charge in [-0.1, -0.05) is 35.7 Å². The van der Waals surface area contributed by atoms with E-state index >= 15 is 0 Å². The number of amides is 1. The second kappa shape index (κ2) is 6.25. The minimum Gasteiger partial charge on any atom is -0.346 e. The molecule has 2 nitrogen and oxygen atoms in total. The fraction of sp³-hybridized carbons (Fsp3) is 0.562. The molecular formula is C16H21BrFNO. The molecule has 0 aliphatic heterocycles. The molecule has 1 aromatic carbocycles. The van der Waals surface area contributed by atoms with E-state index < -0.39 is 0 Å². The Labute approximate surface area is 128 Å². The molecule has 20 heavy (non-hydrogen) atoms. The maximum absolute atomic E-state index is 13.1. The number of carbonyl (C=O) groups is 1. The van der Waals surface area contributed by atoms with Gasteiger partial charge in [-0.15, -0.1) is 0 Å². The minimum atomic E-state index is -0.305. The van der Waals surface area contributed by atoms with E-state index in [1.165, 1.54) is 18.6 Å². The van der Waals surface area contributed by atoms with Gasteiger partial charge in [-0.25, -0.2) is 4.39 Å². The maximum Gasteiger partial charge on any atom is 0.252 e. The maximum atomic E-state index is 13.1. The summed E-state index contributed by atoms with van der Waals surface area (Å²) < 4.78 is 13.1. The fourth-order valence-corrected chi connectivity index (χ4v) is 3.77. The van der Waals surface area contributed by atoms with Crippen LogP contribution >= 0.6 is 15.9 Å². The number of carbonyl (C=O) groups excluding carboxylic acids is 1. The van der Waals surface area contributed by atoms with Crippen LogP contribution in [0, 0.1) is 18.7 Å². The Morgan fingerprint density at radius 3 is 2.90 bits per heavy atom. The number of halogens is 2. The first-order valence-electron chi connectivity index (χ1n) is 7.10. The van der Waals surface area contributed by atoms with E-state index in [0.717, 1.165) is 24.6 Å². The van der Waals surface area contributed by atoms with Gasteiger partial charge < -0.3 is 5.32 Å². The molecular weight excluding hydrogens is 321 g/mol. The van der Waals surface area contributed by atoms with Crippen LogP contribution in [0.5, 0.6) is 0 Å². The summed E-state index contributed by atoms with van der Waals surface area (Å²) in [5.41, 5.74) is 1.07. The van der Waals surface area contributed by atoms with Crippen molar-refractivity contribution < 1.29 is 9.18 Å². The number of nitrogens with one attached hydrogen (secondary N) is 1. The molecule has 1 aliphatic carbocycles. The molecule has 2 atom stereocenters. The van der Waals surface area contributed by atoms with Crippen molar-refractivity contribution in [2.45, 2.75) is 45.1 Å². The lowest BCUT2D eigenvalue weighted by Crippen LogP contribution is -2.52. The first-order valence-corrected chi connectivity index (χ1v) is 8.22. The molecule has 1 amide bonds. The number of rotatable bonds is 3. The summed E-state index contributed by atoms with van der Waals surface area (Å²) in [6.45, 7) is 3.99. The van der Waals surface area contributed by atoms with Gasteiger partial charge >= 0.3 is 0 Å². The molecule has 0 bridgehead atoms. The molecule has 1 aromatic rings. The average Bonchev–Trinajstić information content (AvgIpc) is 2.38. The smallest absolute Gasteiger partial charge is 0.252 e. The van der Waals surface area contributed by atoms with E-state index in [1.807, 2.05) is 0 Å². The quantitative estimate of drug-likeness (QED) is 0.820. The summed E-state index contributed by atoms with van der Waals surface area (Å²) in [6.07, 6.45) is 4.34. The molecule has 1 N–H and O–H groups in total. The summed E-state index contributed by atoms with van der Waals surface area (Å²) >= 11 is 3.55. The average molecular weight is 342 g/mol. The molecule has 110 valence electrons. The Hall–Kier alpha value is -0.900. The van der Waals surface area contributed by atoms with E-state index in [2.05, 4.69) is 28.2 Å². The Morgan fingerprint density at radius 1 is 1.55 bits per heavy atom. The van der Waals surface area contributed by atoms with Crippen LogP contribution in [0.1, 0.15) is 48.5 Å². The molecule has 1 aliphatic rings. The zero-order valence-electron chi connectivity index (χ0n) is 12.0. The predicted octanol–water partition coefficient (Wildman–Crippen LogP) is 4.21. The van der Waals surface area contributed by atoms with E-state index in [4.69, 9.17) is 0 Å². The summed E-state index contributed by atoms with van der Waals surface area (Å²) in [5, 5.41) is 3.94. The Morgan fingerprint density at radius 2 is 2.30 bits per heavy atom. The number of alkyl halides is 1. The van der Waals surface area contributed by atoms with Crippen LogP contribution in [0.4, 0.5) is 4.39 Å². The number of benzene rings is 1. The summed E-state index contributed by atoms with van der Waals surface area (Å²) in [6, 6.07) is 4.31. The largest absolute Gasteiger partial charge is 0.346 e. The Kier molecular flexibility index (Phi) is 4.84. The Bertz CT molecular complexity index is 505. The van der Waals surface area contributed by atoms with Gasteiger partial charge in [-0.05, 0) is 49.4 Å². The van der Waals surface area contributed by atoms with Crippen molar-refractivity contribution in [3.63, 3.8) is 0 Å². The highest BCUT2D eigenvalue weighted by molar-refractivity contribution is 9.09. The highest BCUT2D eigenvalue weighted by atomic mass is 79.9. The van der Waals surface area contributed by atoms with Gasteiger partial charge in [0, 0.05) is 10.9 Å². The first kappa shape index (κ1) is 15.5. The molecule has 1 saturated carbocycles. The molecule has 1 fully saturated rings. The molecule has 2 rings (SSSR count). The van der Waals surface area contributed by atoms with E-state index in [1.54, 1.807) is 13.0 Å². The van der Waals surface area contributed by atoms with E-state index in [0.29, 0.717) is 17.0 Å². The summed E-state index contributed by atoms with van der Waals surface area (Å²) in [7, 11) is 0. The van der Waals surface area contributed by atoms with E-state index in [-0.39, 0.29) is 17.3 Å². The lowest BCUT2D eigenvalue weighted by Gasteiger charge is -2.39. The van der Waals surface area contributed by atoms with Gasteiger partial charge in [0.05, 0.1) is 5.54 Å². The van der Waals surface area contributed by atoms with Gasteiger partial charge in [0.25, 0.3) is 5.91 Å². The topological polar surface area (TPSA) is 29.1 Å². The molecule has 0 radical (unpaired) electrons. The SMILES string of the molecule is Cc1cc(F)ccc1C(=O)NC1(CBr)CCCC(C)C1. The minimum absolute atomic E-state index is 0.101. The highest BCUT2D eigenvalue weighted by Crippen LogP contribution is 2.34. The normalized spacial score (nSPS) is 26.3. The van der Waals surface area contributed by atoms with Crippen molar-refractivity contribution in [3.8, 4) is 0 Å². The van der Waals surface area contributed by atoms with Crippen LogP contribution in [0.2, 0.25) is 0 Å². The van der Waals surface area contributed by atoms with Crippen LogP contribution in [0.3, 0.4) is 0 Å². The standard InChI is InChI=1S/C16H21BrFNO/c1-11-4-3-7-16(9-11,10-17)19-15(20)14-6-5-13(18)8-12(14)2/h5-6,8,11H,3-4,7,9-10H2,1-2H3,(H,19,20). The zero-order valence-corrected chi connectivity index (χ0v) is 13.6. The third kappa shape index (κ3) is 3.40. The van der Waals surface area contributed by atoms with Crippen LogP contribution in [-0.2, 0) is 0 Å². The third-order valence-corrected chi connectivity index (χ3v) is 5.23. The lowest BCUT2D eigenvalue weighted by molar-refractivity contribution is 0.0869. The van der Waals surface area contributed by atoms with Gasteiger partial charge in [-0.2, -0.15) is 0 Å². The molecule has 0 spiro atoms. The van der Waals surface area contributed by atoms with Crippen molar-refractivity contribution in [1.82, 2.24) is 5.32 Å². The second-order valence-corrected chi connectivity index (χ2v) is 6.59. The van der Waals surface area contributed by atoms with Crippen molar-refractivity contribution in [2.24, 2.45) is 5.92 Å². The zero-order chi connectivity index (χ0) is 14.8. The van der Waals surface area contributed by atoms with Crippen LogP contribution in [0.25, 0.3) is 0 Å². The second-order valence-electron chi connectivity index (χ2n) is 6.03. The fourth-order valence-electron chi connectivity index (χ4n) is 3.12. The predicted molar refractivity (Wildman–Crippen MR) is 82.8 cm³/mol. The highest BCUT2D eigenvalue weighted by Gasteiger charge is 2.35. The van der Waals surface area contributed by atoms with Gasteiger partial charge in [-0.3, -0.25) is 4.79 Å². The Balaban J connectivity index is 2.16. The number of hydrogen-bond acceptors (Lipinski definition) is 1.